The molecule has 1 aromatic rings. The molecule has 4 N–H and O–H groups in total. The van der Waals surface area contributed by atoms with E-state index in [-0.39, 0.29) is 41.3 Å². The van der Waals surface area contributed by atoms with E-state index < -0.39 is 30.6 Å². The van der Waals surface area contributed by atoms with Crippen LogP contribution < -0.4 is 21.1 Å². The van der Waals surface area contributed by atoms with Crippen LogP contribution in [0.25, 0.3) is 0 Å². The van der Waals surface area contributed by atoms with Crippen LogP contribution in [0.15, 0.2) is 18.2 Å². The Hall–Kier alpha value is -1.71. The van der Waals surface area contributed by atoms with Crippen molar-refractivity contribution < 1.29 is 27.5 Å². The van der Waals surface area contributed by atoms with Gasteiger partial charge in [-0.3, -0.25) is 9.59 Å². The number of hydrogen-bond donors (Lipinski definition) is 3. The standard InChI is InChI=1S/C15H19ClF3N3O3.ClH/c1-8(2)13(20)14(24)21-6-12(23)22-10-4-3-9(16)5-11(10)25-7-15(17,18)19;/h3-5,8,13H,6-7,20H2,1-2H3,(H,21,24)(H,22,23);1H/t13-;/m0./s1. The van der Waals surface area contributed by atoms with E-state index in [1.807, 2.05) is 0 Å². The molecule has 1 atom stereocenters. The average molecular weight is 418 g/mol. The first kappa shape index (κ1) is 24.3. The van der Waals surface area contributed by atoms with Gasteiger partial charge in [0.2, 0.25) is 11.8 Å². The quantitative estimate of drug-likeness (QED) is 0.635. The molecular weight excluding hydrogens is 398 g/mol. The molecule has 6 nitrogen and oxygen atoms in total. The zero-order chi connectivity index (χ0) is 19.2. The number of benzene rings is 1. The van der Waals surface area contributed by atoms with Crippen molar-refractivity contribution >= 4 is 41.5 Å². The van der Waals surface area contributed by atoms with E-state index in [9.17, 15) is 22.8 Å². The summed E-state index contributed by atoms with van der Waals surface area (Å²) in [4.78, 5) is 23.6. The molecule has 0 saturated carbocycles. The minimum atomic E-state index is -4.54. The van der Waals surface area contributed by atoms with Crippen LogP contribution >= 0.6 is 24.0 Å². The van der Waals surface area contributed by atoms with Crippen LogP contribution in [-0.2, 0) is 9.59 Å². The summed E-state index contributed by atoms with van der Waals surface area (Å²) in [6, 6.07) is 3.06. The van der Waals surface area contributed by atoms with Gasteiger partial charge in [0, 0.05) is 11.1 Å². The molecule has 0 unspecified atom stereocenters. The van der Waals surface area contributed by atoms with E-state index >= 15 is 0 Å². The van der Waals surface area contributed by atoms with Crippen molar-refractivity contribution in [2.75, 3.05) is 18.5 Å². The normalized spacial score (nSPS) is 12.2. The number of ether oxygens (including phenoxy) is 1. The Morgan fingerprint density at radius 2 is 1.92 bits per heavy atom. The van der Waals surface area contributed by atoms with E-state index in [0.717, 1.165) is 6.07 Å². The average Bonchev–Trinajstić information content (AvgIpc) is 2.51. The van der Waals surface area contributed by atoms with E-state index in [1.54, 1.807) is 13.8 Å². The Morgan fingerprint density at radius 1 is 1.31 bits per heavy atom. The molecule has 0 aromatic heterocycles. The van der Waals surface area contributed by atoms with Crippen LogP contribution in [-0.4, -0.2) is 37.2 Å². The van der Waals surface area contributed by atoms with Gasteiger partial charge in [-0.2, -0.15) is 13.2 Å². The number of alkyl halides is 3. The van der Waals surface area contributed by atoms with Gasteiger partial charge in [0.1, 0.15) is 5.75 Å². The SMILES string of the molecule is CC(C)[C@H](N)C(=O)NCC(=O)Nc1ccc(Cl)cc1OCC(F)(F)F.Cl. The highest BCUT2D eigenvalue weighted by Gasteiger charge is 2.29. The predicted octanol–water partition coefficient (Wildman–Crippen LogP) is 2.74. The molecule has 0 aliphatic heterocycles. The fourth-order valence-corrected chi connectivity index (χ4v) is 1.82. The summed E-state index contributed by atoms with van der Waals surface area (Å²) in [5.74, 6) is -1.50. The third kappa shape index (κ3) is 8.59. The van der Waals surface area contributed by atoms with E-state index in [1.165, 1.54) is 12.1 Å². The van der Waals surface area contributed by atoms with Crippen molar-refractivity contribution in [3.05, 3.63) is 23.2 Å². The van der Waals surface area contributed by atoms with Crippen molar-refractivity contribution in [2.45, 2.75) is 26.1 Å². The summed E-state index contributed by atoms with van der Waals surface area (Å²) >= 11 is 5.73. The zero-order valence-corrected chi connectivity index (χ0v) is 15.6. The Morgan fingerprint density at radius 3 is 2.46 bits per heavy atom. The molecule has 1 aromatic carbocycles. The van der Waals surface area contributed by atoms with Gasteiger partial charge in [-0.25, -0.2) is 0 Å². The van der Waals surface area contributed by atoms with Gasteiger partial charge in [0.05, 0.1) is 18.3 Å². The second kappa shape index (κ2) is 10.4. The lowest BCUT2D eigenvalue weighted by molar-refractivity contribution is -0.153. The molecule has 0 fully saturated rings. The van der Waals surface area contributed by atoms with Crippen molar-refractivity contribution in [1.82, 2.24) is 5.32 Å². The number of nitrogens with one attached hydrogen (secondary N) is 2. The highest BCUT2D eigenvalue weighted by atomic mass is 35.5. The molecule has 0 aliphatic rings. The van der Waals surface area contributed by atoms with Crippen LogP contribution in [0.4, 0.5) is 18.9 Å². The maximum absolute atomic E-state index is 12.3. The monoisotopic (exact) mass is 417 g/mol. The van der Waals surface area contributed by atoms with Crippen molar-refractivity contribution in [3.8, 4) is 5.75 Å². The topological polar surface area (TPSA) is 93.5 Å². The molecule has 2 amide bonds. The van der Waals surface area contributed by atoms with E-state index in [2.05, 4.69) is 15.4 Å². The Balaban J connectivity index is 0.00000625. The van der Waals surface area contributed by atoms with Crippen molar-refractivity contribution in [1.29, 1.82) is 0 Å². The summed E-state index contributed by atoms with van der Waals surface area (Å²) < 4.78 is 41.5. The summed E-state index contributed by atoms with van der Waals surface area (Å²) in [5, 5.41) is 4.84. The highest BCUT2D eigenvalue weighted by molar-refractivity contribution is 6.30. The van der Waals surface area contributed by atoms with E-state index in [4.69, 9.17) is 17.3 Å². The van der Waals surface area contributed by atoms with Gasteiger partial charge in [0.15, 0.2) is 6.61 Å². The highest BCUT2D eigenvalue weighted by Crippen LogP contribution is 2.29. The number of carbonyl (C=O) groups is 2. The largest absolute Gasteiger partial charge is 0.482 e. The number of nitrogens with two attached hydrogens (primary N) is 1. The first-order valence-electron chi connectivity index (χ1n) is 7.32. The molecule has 0 bridgehead atoms. The first-order chi connectivity index (χ1) is 11.5. The molecule has 1 rings (SSSR count). The number of halogens is 5. The minimum absolute atomic E-state index is 0. The number of carbonyl (C=O) groups excluding carboxylic acids is 2. The van der Waals surface area contributed by atoms with Crippen LogP contribution in [0.1, 0.15) is 13.8 Å². The lowest BCUT2D eigenvalue weighted by Gasteiger charge is -2.16. The summed E-state index contributed by atoms with van der Waals surface area (Å²) in [5.41, 5.74) is 5.64. The molecule has 0 heterocycles. The number of amides is 2. The number of anilines is 1. The Labute approximate surface area is 160 Å². The van der Waals surface area contributed by atoms with Gasteiger partial charge in [-0.05, 0) is 18.1 Å². The van der Waals surface area contributed by atoms with Crippen molar-refractivity contribution in [3.63, 3.8) is 0 Å². The third-order valence-corrected chi connectivity index (χ3v) is 3.29. The van der Waals surface area contributed by atoms with Crippen LogP contribution in [0.2, 0.25) is 5.02 Å². The molecular formula is C15H20Cl2F3N3O3. The molecule has 0 spiro atoms. The first-order valence-corrected chi connectivity index (χ1v) is 7.69. The molecule has 148 valence electrons. The number of rotatable bonds is 7. The van der Waals surface area contributed by atoms with Crippen LogP contribution in [0.5, 0.6) is 5.75 Å². The van der Waals surface area contributed by atoms with Gasteiger partial charge in [-0.15, -0.1) is 12.4 Å². The summed E-state index contributed by atoms with van der Waals surface area (Å²) in [7, 11) is 0. The van der Waals surface area contributed by atoms with Gasteiger partial charge < -0.3 is 21.1 Å². The fraction of sp³-hybridized carbons (Fsp3) is 0.467. The zero-order valence-electron chi connectivity index (χ0n) is 14.0. The molecule has 11 heteroatoms. The van der Waals surface area contributed by atoms with Gasteiger partial charge in [-0.1, -0.05) is 25.4 Å². The van der Waals surface area contributed by atoms with Gasteiger partial charge in [0.25, 0.3) is 0 Å². The smallest absolute Gasteiger partial charge is 0.422 e. The minimum Gasteiger partial charge on any atom is -0.482 e. The third-order valence-electron chi connectivity index (χ3n) is 3.05. The van der Waals surface area contributed by atoms with Crippen LogP contribution in [0.3, 0.4) is 0 Å². The fourth-order valence-electron chi connectivity index (χ4n) is 1.66. The molecule has 0 aliphatic carbocycles. The lowest BCUT2D eigenvalue weighted by Crippen LogP contribution is -2.46. The predicted molar refractivity (Wildman–Crippen MR) is 94.7 cm³/mol. The Kier molecular flexibility index (Phi) is 9.75. The lowest BCUT2D eigenvalue weighted by atomic mass is 10.1. The second-order valence-electron chi connectivity index (χ2n) is 5.58. The molecule has 0 saturated heterocycles. The summed E-state index contributed by atoms with van der Waals surface area (Å²) in [6.45, 7) is 1.58. The van der Waals surface area contributed by atoms with Gasteiger partial charge >= 0.3 is 6.18 Å². The van der Waals surface area contributed by atoms with Crippen molar-refractivity contribution in [2.24, 2.45) is 11.7 Å². The second-order valence-corrected chi connectivity index (χ2v) is 6.02. The molecule has 26 heavy (non-hydrogen) atoms. The van der Waals surface area contributed by atoms with Crippen LogP contribution in [0, 0.1) is 5.92 Å². The molecule has 0 radical (unpaired) electrons. The van der Waals surface area contributed by atoms with E-state index in [0.29, 0.717) is 0 Å². The maximum Gasteiger partial charge on any atom is 0.422 e. The number of hydrogen-bond acceptors (Lipinski definition) is 4. The maximum atomic E-state index is 12.3. The summed E-state index contributed by atoms with van der Waals surface area (Å²) in [6.07, 6.45) is -4.54. The Bertz CT molecular complexity index is 628.